The predicted molar refractivity (Wildman–Crippen MR) is 104 cm³/mol. The fourth-order valence-corrected chi connectivity index (χ4v) is 3.99. The number of morpholine rings is 1. The molecule has 1 aliphatic rings. The SMILES string of the molecule is CC(=O)c1ccc(-c2ccc(S(=O)(=O)NCCN3CCOCC3)cc2)cc1. The van der Waals surface area contributed by atoms with Gasteiger partial charge in [0, 0.05) is 31.7 Å². The van der Waals surface area contributed by atoms with Gasteiger partial charge in [-0.05, 0) is 30.2 Å². The van der Waals surface area contributed by atoms with Gasteiger partial charge in [-0.1, -0.05) is 36.4 Å². The lowest BCUT2D eigenvalue weighted by atomic mass is 10.0. The van der Waals surface area contributed by atoms with Crippen LogP contribution in [-0.4, -0.2) is 58.5 Å². The van der Waals surface area contributed by atoms with Crippen LogP contribution in [0, 0.1) is 0 Å². The van der Waals surface area contributed by atoms with Crippen LogP contribution < -0.4 is 4.72 Å². The number of nitrogens with zero attached hydrogens (tertiary/aromatic N) is 1. The topological polar surface area (TPSA) is 75.7 Å². The average molecular weight is 388 g/mol. The van der Waals surface area contributed by atoms with Gasteiger partial charge in [-0.2, -0.15) is 0 Å². The number of sulfonamides is 1. The van der Waals surface area contributed by atoms with Crippen LogP contribution in [0.5, 0.6) is 0 Å². The van der Waals surface area contributed by atoms with Crippen molar-refractivity contribution in [2.75, 3.05) is 39.4 Å². The highest BCUT2D eigenvalue weighted by Crippen LogP contribution is 2.22. The van der Waals surface area contributed by atoms with E-state index in [1.807, 2.05) is 12.1 Å². The molecule has 0 atom stereocenters. The maximum Gasteiger partial charge on any atom is 0.240 e. The molecule has 144 valence electrons. The number of hydrogen-bond acceptors (Lipinski definition) is 5. The minimum Gasteiger partial charge on any atom is -0.379 e. The van der Waals surface area contributed by atoms with Gasteiger partial charge in [0.25, 0.3) is 0 Å². The molecule has 1 fully saturated rings. The van der Waals surface area contributed by atoms with Gasteiger partial charge in [-0.3, -0.25) is 9.69 Å². The standard InChI is InChI=1S/C20H24N2O4S/c1-16(23)17-2-4-18(5-3-17)19-6-8-20(9-7-19)27(24,25)21-10-11-22-12-14-26-15-13-22/h2-9,21H,10-15H2,1H3. The van der Waals surface area contributed by atoms with E-state index >= 15 is 0 Å². The molecule has 0 aliphatic carbocycles. The highest BCUT2D eigenvalue weighted by molar-refractivity contribution is 7.89. The normalized spacial score (nSPS) is 15.6. The summed E-state index contributed by atoms with van der Waals surface area (Å²) in [6.45, 7) is 5.63. The summed E-state index contributed by atoms with van der Waals surface area (Å²) in [5.74, 6) is 0.0196. The zero-order chi connectivity index (χ0) is 19.3. The first-order valence-corrected chi connectivity index (χ1v) is 10.5. The smallest absolute Gasteiger partial charge is 0.240 e. The molecule has 0 radical (unpaired) electrons. The summed E-state index contributed by atoms with van der Waals surface area (Å²) in [4.78, 5) is 13.8. The van der Waals surface area contributed by atoms with Crippen molar-refractivity contribution in [1.82, 2.24) is 9.62 Å². The van der Waals surface area contributed by atoms with Gasteiger partial charge in [0.1, 0.15) is 0 Å². The average Bonchev–Trinajstić information content (AvgIpc) is 2.69. The van der Waals surface area contributed by atoms with Crippen LogP contribution in [0.15, 0.2) is 53.4 Å². The number of Topliss-reactive ketones (excluding diaryl/α,β-unsaturated/α-hetero) is 1. The van der Waals surface area contributed by atoms with E-state index in [9.17, 15) is 13.2 Å². The minimum atomic E-state index is -3.53. The highest BCUT2D eigenvalue weighted by Gasteiger charge is 2.15. The molecule has 0 amide bonds. The summed E-state index contributed by atoms with van der Waals surface area (Å²) < 4.78 is 32.8. The van der Waals surface area contributed by atoms with Gasteiger partial charge in [0.2, 0.25) is 10.0 Å². The van der Waals surface area contributed by atoms with Gasteiger partial charge in [-0.25, -0.2) is 13.1 Å². The summed E-state index contributed by atoms with van der Waals surface area (Å²) in [6.07, 6.45) is 0. The number of benzene rings is 2. The second kappa shape index (κ2) is 8.75. The Morgan fingerprint density at radius 1 is 1.00 bits per heavy atom. The van der Waals surface area contributed by atoms with E-state index in [4.69, 9.17) is 4.74 Å². The van der Waals surface area contributed by atoms with Crippen molar-refractivity contribution in [2.45, 2.75) is 11.8 Å². The van der Waals surface area contributed by atoms with E-state index in [-0.39, 0.29) is 10.7 Å². The van der Waals surface area contributed by atoms with E-state index in [1.54, 1.807) is 36.4 Å². The molecule has 3 rings (SSSR count). The number of ether oxygens (including phenoxy) is 1. The molecule has 0 bridgehead atoms. The van der Waals surface area contributed by atoms with Crippen LogP contribution in [0.2, 0.25) is 0 Å². The third kappa shape index (κ3) is 5.23. The zero-order valence-electron chi connectivity index (χ0n) is 15.3. The summed E-state index contributed by atoms with van der Waals surface area (Å²) in [6, 6.07) is 14.0. The van der Waals surface area contributed by atoms with Gasteiger partial charge >= 0.3 is 0 Å². The monoisotopic (exact) mass is 388 g/mol. The number of nitrogens with one attached hydrogen (secondary N) is 1. The number of rotatable bonds is 7. The van der Waals surface area contributed by atoms with Crippen molar-refractivity contribution in [2.24, 2.45) is 0 Å². The Morgan fingerprint density at radius 3 is 2.11 bits per heavy atom. The van der Waals surface area contributed by atoms with Crippen LogP contribution in [-0.2, 0) is 14.8 Å². The molecule has 0 aromatic heterocycles. The molecule has 0 unspecified atom stereocenters. The van der Waals surface area contributed by atoms with E-state index in [0.29, 0.717) is 31.9 Å². The lowest BCUT2D eigenvalue weighted by Crippen LogP contribution is -2.41. The first kappa shape index (κ1) is 19.7. The molecule has 27 heavy (non-hydrogen) atoms. The fraction of sp³-hybridized carbons (Fsp3) is 0.350. The van der Waals surface area contributed by atoms with Crippen molar-refractivity contribution in [3.8, 4) is 11.1 Å². The second-order valence-electron chi connectivity index (χ2n) is 6.51. The van der Waals surface area contributed by atoms with Crippen molar-refractivity contribution in [3.63, 3.8) is 0 Å². The van der Waals surface area contributed by atoms with Gasteiger partial charge < -0.3 is 4.74 Å². The van der Waals surface area contributed by atoms with E-state index in [0.717, 1.165) is 24.2 Å². The zero-order valence-corrected chi connectivity index (χ0v) is 16.2. The van der Waals surface area contributed by atoms with Crippen molar-refractivity contribution < 1.29 is 17.9 Å². The van der Waals surface area contributed by atoms with Crippen molar-refractivity contribution in [3.05, 3.63) is 54.1 Å². The van der Waals surface area contributed by atoms with Crippen LogP contribution in [0.4, 0.5) is 0 Å². The van der Waals surface area contributed by atoms with E-state index < -0.39 is 10.0 Å². The van der Waals surface area contributed by atoms with Gasteiger partial charge in [0.15, 0.2) is 5.78 Å². The maximum absolute atomic E-state index is 12.4. The first-order chi connectivity index (χ1) is 13.0. The van der Waals surface area contributed by atoms with Crippen molar-refractivity contribution in [1.29, 1.82) is 0 Å². The summed E-state index contributed by atoms with van der Waals surface area (Å²) in [5, 5.41) is 0. The fourth-order valence-electron chi connectivity index (χ4n) is 2.97. The molecule has 1 heterocycles. The number of ketones is 1. The van der Waals surface area contributed by atoms with Crippen LogP contribution in [0.1, 0.15) is 17.3 Å². The number of hydrogen-bond donors (Lipinski definition) is 1. The molecular weight excluding hydrogens is 364 g/mol. The van der Waals surface area contributed by atoms with E-state index in [2.05, 4.69) is 9.62 Å². The van der Waals surface area contributed by atoms with Crippen LogP contribution >= 0.6 is 0 Å². The molecule has 7 heteroatoms. The molecular formula is C20H24N2O4S. The van der Waals surface area contributed by atoms with Crippen molar-refractivity contribution >= 4 is 15.8 Å². The quantitative estimate of drug-likeness (QED) is 0.736. The number of carbonyl (C=O) groups is 1. The molecule has 2 aromatic rings. The molecule has 6 nitrogen and oxygen atoms in total. The van der Waals surface area contributed by atoms with Gasteiger partial charge in [0.05, 0.1) is 18.1 Å². The van der Waals surface area contributed by atoms with E-state index in [1.165, 1.54) is 6.92 Å². The Hall–Kier alpha value is -2.06. The first-order valence-electron chi connectivity index (χ1n) is 8.97. The molecule has 1 aliphatic heterocycles. The lowest BCUT2D eigenvalue weighted by Gasteiger charge is -2.26. The lowest BCUT2D eigenvalue weighted by molar-refractivity contribution is 0.0390. The highest BCUT2D eigenvalue weighted by atomic mass is 32.2. The predicted octanol–water partition coefficient (Wildman–Crippen LogP) is 2.17. The summed E-state index contributed by atoms with van der Waals surface area (Å²) in [7, 11) is -3.53. The largest absolute Gasteiger partial charge is 0.379 e. The Morgan fingerprint density at radius 2 is 1.56 bits per heavy atom. The third-order valence-electron chi connectivity index (χ3n) is 4.61. The number of carbonyl (C=O) groups excluding carboxylic acids is 1. The molecule has 1 N–H and O–H groups in total. The second-order valence-corrected chi connectivity index (χ2v) is 8.28. The Balaban J connectivity index is 1.62. The maximum atomic E-state index is 12.4. The molecule has 0 spiro atoms. The third-order valence-corrected chi connectivity index (χ3v) is 6.09. The van der Waals surface area contributed by atoms with Gasteiger partial charge in [-0.15, -0.1) is 0 Å². The Bertz CT molecular complexity index is 871. The Labute approximate surface area is 160 Å². The molecule has 1 saturated heterocycles. The minimum absolute atomic E-state index is 0.0196. The Kier molecular flexibility index (Phi) is 6.38. The molecule has 2 aromatic carbocycles. The van der Waals surface area contributed by atoms with Crippen LogP contribution in [0.25, 0.3) is 11.1 Å². The molecule has 0 saturated carbocycles. The summed E-state index contributed by atoms with van der Waals surface area (Å²) in [5.41, 5.74) is 2.49. The summed E-state index contributed by atoms with van der Waals surface area (Å²) >= 11 is 0. The van der Waals surface area contributed by atoms with Crippen LogP contribution in [0.3, 0.4) is 0 Å².